The highest BCUT2D eigenvalue weighted by molar-refractivity contribution is 14.0. The standard InChI is InChI=1S/C16H21BrFN5.HI/c1-2-19-16(20-7-3-9-23-10-4-8-22-23)21-12-13-5-6-14(17)11-15(13)18;/h4-6,8,10-11H,2-3,7,9,12H2,1H3,(H2,19,20,21);1H. The predicted octanol–water partition coefficient (Wildman–Crippen LogP) is 3.55. The molecule has 1 aromatic heterocycles. The number of aliphatic imine (C=N–C) groups is 1. The molecule has 1 heterocycles. The Balaban J connectivity index is 0.00000288. The molecular formula is C16H22BrFIN5. The van der Waals surface area contributed by atoms with E-state index in [-0.39, 0.29) is 29.8 Å². The second kappa shape index (κ2) is 11.4. The Morgan fingerprint density at radius 2 is 2.21 bits per heavy atom. The molecule has 0 radical (unpaired) electrons. The molecule has 2 aromatic rings. The van der Waals surface area contributed by atoms with E-state index in [1.165, 1.54) is 6.07 Å². The smallest absolute Gasteiger partial charge is 0.191 e. The van der Waals surface area contributed by atoms with Gasteiger partial charge in [-0.1, -0.05) is 22.0 Å². The summed E-state index contributed by atoms with van der Waals surface area (Å²) in [4.78, 5) is 4.43. The third kappa shape index (κ3) is 7.16. The summed E-state index contributed by atoms with van der Waals surface area (Å²) in [5.41, 5.74) is 0.571. The molecule has 0 spiro atoms. The minimum absolute atomic E-state index is 0. The number of hydrogen-bond acceptors (Lipinski definition) is 2. The van der Waals surface area contributed by atoms with E-state index in [1.807, 2.05) is 29.9 Å². The number of nitrogens with one attached hydrogen (secondary N) is 2. The van der Waals surface area contributed by atoms with Crippen LogP contribution in [0.5, 0.6) is 0 Å². The Kier molecular flexibility index (Phi) is 9.92. The fourth-order valence-corrected chi connectivity index (χ4v) is 2.37. The molecule has 5 nitrogen and oxygen atoms in total. The van der Waals surface area contributed by atoms with E-state index in [2.05, 4.69) is 36.7 Å². The first-order chi connectivity index (χ1) is 11.2. The molecule has 0 aliphatic heterocycles. The third-order valence-electron chi connectivity index (χ3n) is 3.18. The molecule has 0 unspecified atom stereocenters. The molecule has 0 amide bonds. The molecule has 8 heteroatoms. The number of hydrogen-bond donors (Lipinski definition) is 2. The average Bonchev–Trinajstić information content (AvgIpc) is 3.03. The van der Waals surface area contributed by atoms with E-state index in [1.54, 1.807) is 12.3 Å². The van der Waals surface area contributed by atoms with Crippen molar-refractivity contribution in [3.8, 4) is 0 Å². The van der Waals surface area contributed by atoms with E-state index < -0.39 is 0 Å². The normalized spacial score (nSPS) is 11.0. The van der Waals surface area contributed by atoms with Crippen LogP contribution in [0.2, 0.25) is 0 Å². The summed E-state index contributed by atoms with van der Waals surface area (Å²) in [6.45, 7) is 4.68. The van der Waals surface area contributed by atoms with Crippen molar-refractivity contribution in [3.63, 3.8) is 0 Å². The van der Waals surface area contributed by atoms with Gasteiger partial charge in [0, 0.05) is 42.1 Å². The minimum atomic E-state index is -0.252. The topological polar surface area (TPSA) is 54.2 Å². The Morgan fingerprint density at radius 1 is 1.38 bits per heavy atom. The van der Waals surface area contributed by atoms with Crippen LogP contribution in [0, 0.1) is 5.82 Å². The zero-order valence-electron chi connectivity index (χ0n) is 13.5. The van der Waals surface area contributed by atoms with Crippen LogP contribution in [-0.2, 0) is 13.1 Å². The Morgan fingerprint density at radius 3 is 2.88 bits per heavy atom. The summed E-state index contributed by atoms with van der Waals surface area (Å²) in [7, 11) is 0. The molecule has 0 fully saturated rings. The summed E-state index contributed by atoms with van der Waals surface area (Å²) in [6, 6.07) is 6.92. The van der Waals surface area contributed by atoms with Crippen LogP contribution in [-0.4, -0.2) is 28.8 Å². The zero-order chi connectivity index (χ0) is 16.5. The highest BCUT2D eigenvalue weighted by Gasteiger charge is 2.03. The number of nitrogens with zero attached hydrogens (tertiary/aromatic N) is 3. The Labute approximate surface area is 167 Å². The van der Waals surface area contributed by atoms with Gasteiger partial charge >= 0.3 is 0 Å². The molecule has 0 saturated carbocycles. The summed E-state index contributed by atoms with van der Waals surface area (Å²) in [5.74, 6) is 0.438. The fourth-order valence-electron chi connectivity index (χ4n) is 2.04. The quantitative estimate of drug-likeness (QED) is 0.260. The number of aryl methyl sites for hydroxylation is 1. The number of rotatable bonds is 7. The van der Waals surface area contributed by atoms with Gasteiger partial charge in [-0.15, -0.1) is 24.0 Å². The van der Waals surface area contributed by atoms with Gasteiger partial charge in [0.1, 0.15) is 5.82 Å². The van der Waals surface area contributed by atoms with Crippen molar-refractivity contribution in [2.45, 2.75) is 26.4 Å². The van der Waals surface area contributed by atoms with Crippen LogP contribution in [0.25, 0.3) is 0 Å². The van der Waals surface area contributed by atoms with Crippen molar-refractivity contribution in [3.05, 3.63) is 52.5 Å². The van der Waals surface area contributed by atoms with E-state index in [4.69, 9.17) is 0 Å². The zero-order valence-corrected chi connectivity index (χ0v) is 17.4. The maximum Gasteiger partial charge on any atom is 0.191 e. The van der Waals surface area contributed by atoms with E-state index in [9.17, 15) is 4.39 Å². The lowest BCUT2D eigenvalue weighted by Gasteiger charge is -2.11. The van der Waals surface area contributed by atoms with E-state index in [0.29, 0.717) is 18.1 Å². The molecule has 24 heavy (non-hydrogen) atoms. The molecule has 0 aliphatic carbocycles. The first-order valence-electron chi connectivity index (χ1n) is 7.62. The SMILES string of the molecule is CCNC(=NCc1ccc(Br)cc1F)NCCCn1cccn1.I. The Hall–Kier alpha value is -1.16. The predicted molar refractivity (Wildman–Crippen MR) is 109 cm³/mol. The van der Waals surface area contributed by atoms with Gasteiger partial charge < -0.3 is 10.6 Å². The molecule has 0 saturated heterocycles. The number of aromatic nitrogens is 2. The van der Waals surface area contributed by atoms with Gasteiger partial charge in [-0.2, -0.15) is 5.10 Å². The molecule has 2 rings (SSSR count). The lowest BCUT2D eigenvalue weighted by atomic mass is 10.2. The van der Waals surface area contributed by atoms with Crippen molar-refractivity contribution in [2.75, 3.05) is 13.1 Å². The van der Waals surface area contributed by atoms with Crippen molar-refractivity contribution < 1.29 is 4.39 Å². The molecule has 0 bridgehead atoms. The lowest BCUT2D eigenvalue weighted by Crippen LogP contribution is -2.38. The summed E-state index contributed by atoms with van der Waals surface area (Å²) in [6.07, 6.45) is 4.64. The van der Waals surface area contributed by atoms with Crippen LogP contribution < -0.4 is 10.6 Å². The average molecular weight is 510 g/mol. The van der Waals surface area contributed by atoms with Gasteiger partial charge in [0.2, 0.25) is 0 Å². The van der Waals surface area contributed by atoms with Crippen molar-refractivity contribution in [2.24, 2.45) is 4.99 Å². The summed E-state index contributed by atoms with van der Waals surface area (Å²) >= 11 is 3.25. The molecule has 0 atom stereocenters. The van der Waals surface area contributed by atoms with Gasteiger partial charge in [-0.3, -0.25) is 4.68 Å². The second-order valence-corrected chi connectivity index (χ2v) is 5.90. The van der Waals surface area contributed by atoms with Crippen LogP contribution in [0.1, 0.15) is 18.9 Å². The summed E-state index contributed by atoms with van der Waals surface area (Å²) < 4.78 is 16.4. The second-order valence-electron chi connectivity index (χ2n) is 4.98. The summed E-state index contributed by atoms with van der Waals surface area (Å²) in [5, 5.41) is 10.6. The van der Waals surface area contributed by atoms with Crippen LogP contribution in [0.3, 0.4) is 0 Å². The van der Waals surface area contributed by atoms with Crippen LogP contribution in [0.4, 0.5) is 4.39 Å². The lowest BCUT2D eigenvalue weighted by molar-refractivity contribution is 0.570. The maximum absolute atomic E-state index is 13.8. The minimum Gasteiger partial charge on any atom is -0.357 e. The number of halogens is 3. The Bertz CT molecular complexity index is 633. The van der Waals surface area contributed by atoms with Crippen molar-refractivity contribution in [1.82, 2.24) is 20.4 Å². The monoisotopic (exact) mass is 509 g/mol. The molecule has 2 N–H and O–H groups in total. The maximum atomic E-state index is 13.8. The molecule has 1 aromatic carbocycles. The van der Waals surface area contributed by atoms with Crippen LogP contribution in [0.15, 0.2) is 46.1 Å². The highest BCUT2D eigenvalue weighted by atomic mass is 127. The van der Waals surface area contributed by atoms with Gasteiger partial charge in [-0.25, -0.2) is 9.38 Å². The van der Waals surface area contributed by atoms with Crippen LogP contribution >= 0.6 is 39.9 Å². The first-order valence-corrected chi connectivity index (χ1v) is 8.42. The van der Waals surface area contributed by atoms with Gasteiger partial charge in [0.25, 0.3) is 0 Å². The van der Waals surface area contributed by atoms with Gasteiger partial charge in [-0.05, 0) is 31.5 Å². The third-order valence-corrected chi connectivity index (χ3v) is 3.68. The molecule has 0 aliphatic rings. The van der Waals surface area contributed by atoms with Gasteiger partial charge in [0.15, 0.2) is 5.96 Å². The first kappa shape index (κ1) is 20.9. The largest absolute Gasteiger partial charge is 0.357 e. The molecule has 132 valence electrons. The van der Waals surface area contributed by atoms with E-state index >= 15 is 0 Å². The number of benzene rings is 1. The molecular weight excluding hydrogens is 488 g/mol. The van der Waals surface area contributed by atoms with Crippen molar-refractivity contribution in [1.29, 1.82) is 0 Å². The van der Waals surface area contributed by atoms with Crippen molar-refractivity contribution >= 4 is 45.9 Å². The number of guanidine groups is 1. The van der Waals surface area contributed by atoms with E-state index in [0.717, 1.165) is 30.5 Å². The fraction of sp³-hybridized carbons (Fsp3) is 0.375. The van der Waals surface area contributed by atoms with Gasteiger partial charge in [0.05, 0.1) is 6.54 Å². The highest BCUT2D eigenvalue weighted by Crippen LogP contribution is 2.15.